The second kappa shape index (κ2) is 8.71. The molecule has 1 aromatic heterocycles. The Hall–Kier alpha value is -3.54. The maximum absolute atomic E-state index is 12.5. The summed E-state index contributed by atoms with van der Waals surface area (Å²) in [5, 5.41) is 6.12. The molecule has 0 spiro atoms. The number of anilines is 2. The Kier molecular flexibility index (Phi) is 5.89. The molecule has 3 rings (SSSR count). The number of para-hydroxylation sites is 1. The molecule has 0 atom stereocenters. The molecule has 0 saturated carbocycles. The van der Waals surface area contributed by atoms with Gasteiger partial charge < -0.3 is 20.1 Å². The van der Waals surface area contributed by atoms with Crippen LogP contribution in [0.4, 0.5) is 11.4 Å². The molecule has 0 aliphatic rings. The van der Waals surface area contributed by atoms with Crippen molar-refractivity contribution >= 4 is 17.3 Å². The fourth-order valence-corrected chi connectivity index (χ4v) is 2.58. The van der Waals surface area contributed by atoms with E-state index >= 15 is 0 Å². The van der Waals surface area contributed by atoms with Crippen molar-refractivity contribution in [3.05, 3.63) is 78.1 Å². The van der Waals surface area contributed by atoms with Crippen LogP contribution in [0.25, 0.3) is 0 Å². The van der Waals surface area contributed by atoms with Gasteiger partial charge in [-0.05, 0) is 36.4 Å². The summed E-state index contributed by atoms with van der Waals surface area (Å²) in [6, 6.07) is 16.7. The first-order chi connectivity index (χ1) is 13.2. The van der Waals surface area contributed by atoms with Crippen molar-refractivity contribution in [3.8, 4) is 11.5 Å². The van der Waals surface area contributed by atoms with Crippen molar-refractivity contribution in [3.63, 3.8) is 0 Å². The highest BCUT2D eigenvalue weighted by Crippen LogP contribution is 2.20. The minimum atomic E-state index is -0.228. The van der Waals surface area contributed by atoms with E-state index in [1.54, 1.807) is 50.7 Å². The quantitative estimate of drug-likeness (QED) is 0.665. The van der Waals surface area contributed by atoms with Crippen LogP contribution < -0.4 is 20.1 Å². The zero-order valence-electron chi connectivity index (χ0n) is 15.2. The molecule has 0 aliphatic carbocycles. The molecule has 0 fully saturated rings. The predicted octanol–water partition coefficient (Wildman–Crippen LogP) is 3.96. The molecule has 1 amide bonds. The highest BCUT2D eigenvalue weighted by Gasteiger charge is 2.08. The van der Waals surface area contributed by atoms with Crippen molar-refractivity contribution in [2.24, 2.45) is 0 Å². The molecule has 2 N–H and O–H groups in total. The summed E-state index contributed by atoms with van der Waals surface area (Å²) in [5.74, 6) is 1.32. The minimum absolute atomic E-state index is 0.228. The molecular weight excluding hydrogens is 342 g/mol. The highest BCUT2D eigenvalue weighted by molar-refractivity contribution is 6.04. The zero-order valence-corrected chi connectivity index (χ0v) is 15.2. The molecule has 1 heterocycles. The van der Waals surface area contributed by atoms with E-state index in [2.05, 4.69) is 15.6 Å². The number of nitrogens with one attached hydrogen (secondary N) is 2. The van der Waals surface area contributed by atoms with Gasteiger partial charge in [0.1, 0.15) is 11.5 Å². The van der Waals surface area contributed by atoms with Crippen molar-refractivity contribution < 1.29 is 14.3 Å². The van der Waals surface area contributed by atoms with E-state index in [1.807, 2.05) is 24.3 Å². The number of hydrogen-bond donors (Lipinski definition) is 2. The Morgan fingerprint density at radius 1 is 0.963 bits per heavy atom. The monoisotopic (exact) mass is 363 g/mol. The number of carbonyl (C=O) groups is 1. The van der Waals surface area contributed by atoms with E-state index in [1.165, 1.54) is 6.20 Å². The van der Waals surface area contributed by atoms with Gasteiger partial charge in [-0.25, -0.2) is 0 Å². The number of carbonyl (C=O) groups excluding carboxylic acids is 1. The lowest BCUT2D eigenvalue weighted by atomic mass is 10.2. The fraction of sp³-hybridized carbons (Fsp3) is 0.143. The summed E-state index contributed by atoms with van der Waals surface area (Å²) in [5.41, 5.74) is 2.93. The lowest BCUT2D eigenvalue weighted by Gasteiger charge is -2.11. The third-order valence-corrected chi connectivity index (χ3v) is 4.02. The Morgan fingerprint density at radius 2 is 1.74 bits per heavy atom. The SMILES string of the molecule is COc1ccc(NC(=O)c2cncc(NCc3ccccc3OC)c2)cc1. The van der Waals surface area contributed by atoms with E-state index < -0.39 is 0 Å². The molecule has 27 heavy (non-hydrogen) atoms. The Labute approximate surface area is 158 Å². The van der Waals surface area contributed by atoms with Crippen LogP contribution >= 0.6 is 0 Å². The molecule has 0 saturated heterocycles. The number of hydrogen-bond acceptors (Lipinski definition) is 5. The van der Waals surface area contributed by atoms with Gasteiger partial charge in [-0.2, -0.15) is 0 Å². The van der Waals surface area contributed by atoms with Gasteiger partial charge in [-0.3, -0.25) is 9.78 Å². The molecule has 0 radical (unpaired) electrons. The summed E-state index contributed by atoms with van der Waals surface area (Å²) in [7, 11) is 3.24. The number of aromatic nitrogens is 1. The van der Waals surface area contributed by atoms with Crippen molar-refractivity contribution in [1.82, 2.24) is 4.98 Å². The fourth-order valence-electron chi connectivity index (χ4n) is 2.58. The Morgan fingerprint density at radius 3 is 2.48 bits per heavy atom. The van der Waals surface area contributed by atoms with Crippen molar-refractivity contribution in [2.45, 2.75) is 6.54 Å². The van der Waals surface area contributed by atoms with Gasteiger partial charge in [0, 0.05) is 30.2 Å². The summed E-state index contributed by atoms with van der Waals surface area (Å²) in [6.07, 6.45) is 3.21. The number of ether oxygens (including phenoxy) is 2. The average Bonchev–Trinajstić information content (AvgIpc) is 2.73. The number of nitrogens with zero attached hydrogens (tertiary/aromatic N) is 1. The zero-order chi connectivity index (χ0) is 19.1. The van der Waals surface area contributed by atoms with Crippen molar-refractivity contribution in [2.75, 3.05) is 24.9 Å². The normalized spacial score (nSPS) is 10.1. The van der Waals surface area contributed by atoms with E-state index in [-0.39, 0.29) is 5.91 Å². The smallest absolute Gasteiger partial charge is 0.257 e. The number of amides is 1. The third kappa shape index (κ3) is 4.76. The Balaban J connectivity index is 1.66. The molecule has 0 aliphatic heterocycles. The molecule has 2 aromatic carbocycles. The lowest BCUT2D eigenvalue weighted by Crippen LogP contribution is -2.12. The van der Waals surface area contributed by atoms with Gasteiger partial charge in [-0.15, -0.1) is 0 Å². The van der Waals surface area contributed by atoms with Crippen LogP contribution in [0.3, 0.4) is 0 Å². The van der Waals surface area contributed by atoms with E-state index in [0.29, 0.717) is 17.8 Å². The third-order valence-electron chi connectivity index (χ3n) is 4.02. The number of pyridine rings is 1. The van der Waals surface area contributed by atoms with Crippen LogP contribution in [0.5, 0.6) is 11.5 Å². The van der Waals surface area contributed by atoms with Gasteiger partial charge in [0.2, 0.25) is 0 Å². The average molecular weight is 363 g/mol. The number of methoxy groups -OCH3 is 2. The van der Waals surface area contributed by atoms with Gasteiger partial charge in [-0.1, -0.05) is 18.2 Å². The molecule has 6 nitrogen and oxygen atoms in total. The standard InChI is InChI=1S/C21H21N3O3/c1-26-19-9-7-17(8-10-19)24-21(25)16-11-18(14-22-12-16)23-13-15-5-3-4-6-20(15)27-2/h3-12,14,23H,13H2,1-2H3,(H,24,25). The van der Waals surface area contributed by atoms with Crippen LogP contribution in [0.15, 0.2) is 67.0 Å². The summed E-state index contributed by atoms with van der Waals surface area (Å²) in [4.78, 5) is 16.6. The Bertz CT molecular complexity index is 911. The largest absolute Gasteiger partial charge is 0.497 e. The second-order valence-electron chi connectivity index (χ2n) is 5.81. The minimum Gasteiger partial charge on any atom is -0.497 e. The van der Waals surface area contributed by atoms with Gasteiger partial charge in [0.25, 0.3) is 5.91 Å². The predicted molar refractivity (Wildman–Crippen MR) is 106 cm³/mol. The van der Waals surface area contributed by atoms with E-state index in [0.717, 1.165) is 22.7 Å². The topological polar surface area (TPSA) is 72.5 Å². The maximum Gasteiger partial charge on any atom is 0.257 e. The first kappa shape index (κ1) is 18.3. The molecule has 3 aromatic rings. The van der Waals surface area contributed by atoms with E-state index in [4.69, 9.17) is 9.47 Å². The van der Waals surface area contributed by atoms with Crippen LogP contribution in [0, 0.1) is 0 Å². The van der Waals surface area contributed by atoms with Crippen LogP contribution in [0.1, 0.15) is 15.9 Å². The molecule has 0 bridgehead atoms. The van der Waals surface area contributed by atoms with Crippen molar-refractivity contribution in [1.29, 1.82) is 0 Å². The van der Waals surface area contributed by atoms with Crippen LogP contribution in [-0.4, -0.2) is 25.1 Å². The molecule has 6 heteroatoms. The summed E-state index contributed by atoms with van der Waals surface area (Å²) >= 11 is 0. The summed E-state index contributed by atoms with van der Waals surface area (Å²) < 4.78 is 10.5. The first-order valence-corrected chi connectivity index (χ1v) is 8.46. The summed E-state index contributed by atoms with van der Waals surface area (Å²) in [6.45, 7) is 0.565. The highest BCUT2D eigenvalue weighted by atomic mass is 16.5. The second-order valence-corrected chi connectivity index (χ2v) is 5.81. The molecular formula is C21H21N3O3. The van der Waals surface area contributed by atoms with Crippen LogP contribution in [-0.2, 0) is 6.54 Å². The van der Waals surface area contributed by atoms with Crippen LogP contribution in [0.2, 0.25) is 0 Å². The van der Waals surface area contributed by atoms with Gasteiger partial charge in [0.15, 0.2) is 0 Å². The number of rotatable bonds is 7. The lowest BCUT2D eigenvalue weighted by molar-refractivity contribution is 0.102. The maximum atomic E-state index is 12.5. The molecule has 0 unspecified atom stereocenters. The number of benzene rings is 2. The first-order valence-electron chi connectivity index (χ1n) is 8.46. The van der Waals surface area contributed by atoms with Gasteiger partial charge in [0.05, 0.1) is 25.5 Å². The van der Waals surface area contributed by atoms with E-state index in [9.17, 15) is 4.79 Å². The van der Waals surface area contributed by atoms with Gasteiger partial charge >= 0.3 is 0 Å². The molecule has 138 valence electrons.